The summed E-state index contributed by atoms with van der Waals surface area (Å²) in [4.78, 5) is 3.22. The van der Waals surface area contributed by atoms with E-state index in [1.807, 2.05) is 25.1 Å². The first-order valence-electron chi connectivity index (χ1n) is 5.22. The van der Waals surface area contributed by atoms with Crippen LogP contribution in [0.2, 0.25) is 0 Å². The smallest absolute Gasteiger partial charge is 0.128 e. The third kappa shape index (κ3) is 1.56. The standard InChI is InChI=1S/C12H16N2O2/c1-7-11(9(15)6-13)12-8(14-7)4-3-5-10(12)16-2/h3-5,9,14-15H,6,13H2,1-2H3. The number of nitrogens with one attached hydrogen (secondary N) is 1. The molecule has 4 heteroatoms. The lowest BCUT2D eigenvalue weighted by atomic mass is 10.0. The molecule has 0 aliphatic heterocycles. The highest BCUT2D eigenvalue weighted by atomic mass is 16.5. The van der Waals surface area contributed by atoms with Crippen LogP contribution in [0.1, 0.15) is 17.4 Å². The first-order valence-corrected chi connectivity index (χ1v) is 5.22. The van der Waals surface area contributed by atoms with Crippen LogP contribution in [-0.2, 0) is 0 Å². The fourth-order valence-electron chi connectivity index (χ4n) is 2.07. The van der Waals surface area contributed by atoms with Crippen LogP contribution in [0.3, 0.4) is 0 Å². The van der Waals surface area contributed by atoms with E-state index in [-0.39, 0.29) is 6.54 Å². The van der Waals surface area contributed by atoms with Crippen molar-refractivity contribution in [3.63, 3.8) is 0 Å². The third-order valence-corrected chi connectivity index (χ3v) is 2.80. The minimum atomic E-state index is -0.662. The maximum absolute atomic E-state index is 9.92. The van der Waals surface area contributed by atoms with Crippen LogP contribution in [0.15, 0.2) is 18.2 Å². The van der Waals surface area contributed by atoms with Crippen molar-refractivity contribution in [3.05, 3.63) is 29.5 Å². The zero-order valence-electron chi connectivity index (χ0n) is 9.45. The van der Waals surface area contributed by atoms with Crippen LogP contribution in [0.5, 0.6) is 5.75 Å². The lowest BCUT2D eigenvalue weighted by Crippen LogP contribution is -2.12. The lowest BCUT2D eigenvalue weighted by molar-refractivity contribution is 0.187. The summed E-state index contributed by atoms with van der Waals surface area (Å²) < 4.78 is 5.30. The fraction of sp³-hybridized carbons (Fsp3) is 0.333. The maximum atomic E-state index is 9.92. The number of methoxy groups -OCH3 is 1. The van der Waals surface area contributed by atoms with E-state index in [0.29, 0.717) is 0 Å². The molecule has 86 valence electrons. The summed E-state index contributed by atoms with van der Waals surface area (Å²) in [5.74, 6) is 0.754. The number of H-pyrrole nitrogens is 1. The van der Waals surface area contributed by atoms with Gasteiger partial charge in [-0.05, 0) is 19.1 Å². The summed E-state index contributed by atoms with van der Waals surface area (Å²) in [6.07, 6.45) is -0.662. The lowest BCUT2D eigenvalue weighted by Gasteiger charge is -2.10. The van der Waals surface area contributed by atoms with Crippen LogP contribution < -0.4 is 10.5 Å². The van der Waals surface area contributed by atoms with Gasteiger partial charge in [-0.25, -0.2) is 0 Å². The number of hydrogen-bond acceptors (Lipinski definition) is 3. The van der Waals surface area contributed by atoms with Crippen LogP contribution in [-0.4, -0.2) is 23.7 Å². The largest absolute Gasteiger partial charge is 0.496 e. The Balaban J connectivity index is 2.75. The van der Waals surface area contributed by atoms with E-state index in [1.54, 1.807) is 7.11 Å². The SMILES string of the molecule is COc1cccc2[nH]c(C)c(C(O)CN)c12. The van der Waals surface area contributed by atoms with Gasteiger partial charge in [0.15, 0.2) is 0 Å². The molecular formula is C12H16N2O2. The normalized spacial score (nSPS) is 13.0. The molecule has 16 heavy (non-hydrogen) atoms. The average Bonchev–Trinajstić information content (AvgIpc) is 2.63. The molecule has 0 aliphatic rings. The summed E-state index contributed by atoms with van der Waals surface area (Å²) in [6.45, 7) is 2.12. The topological polar surface area (TPSA) is 71.3 Å². The van der Waals surface area contributed by atoms with Gasteiger partial charge in [-0.3, -0.25) is 0 Å². The monoisotopic (exact) mass is 220 g/mol. The Morgan fingerprint density at radius 3 is 2.88 bits per heavy atom. The minimum Gasteiger partial charge on any atom is -0.496 e. The van der Waals surface area contributed by atoms with Crippen molar-refractivity contribution in [2.75, 3.05) is 13.7 Å². The molecule has 0 saturated heterocycles. The highest BCUT2D eigenvalue weighted by Crippen LogP contribution is 2.34. The quantitative estimate of drug-likeness (QED) is 0.733. The minimum absolute atomic E-state index is 0.200. The zero-order chi connectivity index (χ0) is 11.7. The molecule has 0 spiro atoms. The number of aliphatic hydroxyl groups is 1. The molecule has 0 fully saturated rings. The predicted molar refractivity (Wildman–Crippen MR) is 63.6 cm³/mol. The molecule has 0 amide bonds. The van der Waals surface area contributed by atoms with E-state index in [1.165, 1.54) is 0 Å². The van der Waals surface area contributed by atoms with Gasteiger partial charge in [0.05, 0.1) is 13.2 Å². The number of fused-ring (bicyclic) bond motifs is 1. The Bertz CT molecular complexity index is 505. The van der Waals surface area contributed by atoms with Crippen LogP contribution in [0, 0.1) is 6.92 Å². The van der Waals surface area contributed by atoms with E-state index in [4.69, 9.17) is 10.5 Å². The second-order valence-electron chi connectivity index (χ2n) is 3.80. The molecule has 2 rings (SSSR count). The summed E-state index contributed by atoms with van der Waals surface area (Å²) in [7, 11) is 1.62. The molecule has 0 aliphatic carbocycles. The fourth-order valence-corrected chi connectivity index (χ4v) is 2.07. The van der Waals surface area contributed by atoms with E-state index >= 15 is 0 Å². The van der Waals surface area contributed by atoms with E-state index in [9.17, 15) is 5.11 Å². The third-order valence-electron chi connectivity index (χ3n) is 2.80. The molecule has 1 aromatic carbocycles. The van der Waals surface area contributed by atoms with Gasteiger partial charge in [0.1, 0.15) is 5.75 Å². The van der Waals surface area contributed by atoms with Crippen molar-refractivity contribution >= 4 is 10.9 Å². The van der Waals surface area contributed by atoms with Gasteiger partial charge >= 0.3 is 0 Å². The van der Waals surface area contributed by atoms with Crippen LogP contribution >= 0.6 is 0 Å². The maximum Gasteiger partial charge on any atom is 0.128 e. The van der Waals surface area contributed by atoms with Crippen molar-refractivity contribution in [1.82, 2.24) is 4.98 Å². The molecule has 1 unspecified atom stereocenters. The molecule has 1 aromatic heterocycles. The molecule has 0 saturated carbocycles. The molecule has 1 atom stereocenters. The number of rotatable bonds is 3. The van der Waals surface area contributed by atoms with Crippen molar-refractivity contribution in [2.24, 2.45) is 5.73 Å². The average molecular weight is 220 g/mol. The van der Waals surface area contributed by atoms with Gasteiger partial charge in [-0.15, -0.1) is 0 Å². The molecule has 0 bridgehead atoms. The number of aromatic nitrogens is 1. The van der Waals surface area contributed by atoms with Gasteiger partial charge in [0.2, 0.25) is 0 Å². The number of aryl methyl sites for hydroxylation is 1. The molecule has 4 N–H and O–H groups in total. The zero-order valence-corrected chi connectivity index (χ0v) is 9.45. The first-order chi connectivity index (χ1) is 7.69. The van der Waals surface area contributed by atoms with Crippen molar-refractivity contribution in [2.45, 2.75) is 13.0 Å². The van der Waals surface area contributed by atoms with Crippen molar-refractivity contribution < 1.29 is 9.84 Å². The van der Waals surface area contributed by atoms with Crippen molar-refractivity contribution in [1.29, 1.82) is 0 Å². The Hall–Kier alpha value is -1.52. The summed E-state index contributed by atoms with van der Waals surface area (Å²) >= 11 is 0. The molecule has 4 nitrogen and oxygen atoms in total. The van der Waals surface area contributed by atoms with E-state index in [2.05, 4.69) is 4.98 Å². The molecule has 1 heterocycles. The van der Waals surface area contributed by atoms with Crippen LogP contribution in [0.4, 0.5) is 0 Å². The Morgan fingerprint density at radius 1 is 1.50 bits per heavy atom. The number of nitrogens with two attached hydrogens (primary N) is 1. The van der Waals surface area contributed by atoms with Gasteiger partial charge in [0.25, 0.3) is 0 Å². The number of aromatic amines is 1. The van der Waals surface area contributed by atoms with Crippen LogP contribution in [0.25, 0.3) is 10.9 Å². The van der Waals surface area contributed by atoms with Crippen molar-refractivity contribution in [3.8, 4) is 5.75 Å². The Kier molecular flexibility index (Phi) is 2.85. The van der Waals surface area contributed by atoms with Gasteiger partial charge < -0.3 is 20.6 Å². The second-order valence-corrected chi connectivity index (χ2v) is 3.80. The van der Waals surface area contributed by atoms with E-state index < -0.39 is 6.10 Å². The molecular weight excluding hydrogens is 204 g/mol. The van der Waals surface area contributed by atoms with Gasteiger partial charge in [-0.2, -0.15) is 0 Å². The van der Waals surface area contributed by atoms with Gasteiger partial charge in [-0.1, -0.05) is 6.07 Å². The second kappa shape index (κ2) is 4.15. The summed E-state index contributed by atoms with van der Waals surface area (Å²) in [6, 6.07) is 5.75. The first kappa shape index (κ1) is 11.0. The molecule has 2 aromatic rings. The predicted octanol–water partition coefficient (Wildman–Crippen LogP) is 1.48. The highest BCUT2D eigenvalue weighted by Gasteiger charge is 2.18. The highest BCUT2D eigenvalue weighted by molar-refractivity contribution is 5.90. The Labute approximate surface area is 94.0 Å². The number of aliphatic hydroxyl groups excluding tert-OH is 1. The molecule has 0 radical (unpaired) electrons. The van der Waals surface area contributed by atoms with E-state index in [0.717, 1.165) is 27.9 Å². The number of benzene rings is 1. The number of ether oxygens (including phenoxy) is 1. The number of hydrogen-bond donors (Lipinski definition) is 3. The Morgan fingerprint density at radius 2 is 2.25 bits per heavy atom. The summed E-state index contributed by atoms with van der Waals surface area (Å²) in [5, 5.41) is 10.8. The summed E-state index contributed by atoms with van der Waals surface area (Å²) in [5.41, 5.74) is 8.22. The van der Waals surface area contributed by atoms with Gasteiger partial charge in [0, 0.05) is 28.7 Å².